The number of rotatable bonds is 8. The lowest BCUT2D eigenvalue weighted by molar-refractivity contribution is 0.0217. The minimum atomic E-state index is -0.248. The summed E-state index contributed by atoms with van der Waals surface area (Å²) in [6, 6.07) is 4.52. The molecule has 96 valence electrons. The summed E-state index contributed by atoms with van der Waals surface area (Å²) < 4.78 is 23.7. The number of halogens is 1. The van der Waals surface area contributed by atoms with Crippen LogP contribution < -0.4 is 10.1 Å². The van der Waals surface area contributed by atoms with Gasteiger partial charge in [0.15, 0.2) is 6.79 Å². The van der Waals surface area contributed by atoms with Gasteiger partial charge in [-0.15, -0.1) is 0 Å². The van der Waals surface area contributed by atoms with Gasteiger partial charge < -0.3 is 14.8 Å². The van der Waals surface area contributed by atoms with Crippen LogP contribution in [0.1, 0.15) is 25.8 Å². The molecule has 0 fully saturated rings. The molecule has 0 heterocycles. The van der Waals surface area contributed by atoms with Crippen molar-refractivity contribution in [3.05, 3.63) is 29.6 Å². The van der Waals surface area contributed by atoms with Gasteiger partial charge in [-0.25, -0.2) is 4.39 Å². The lowest BCUT2D eigenvalue weighted by Crippen LogP contribution is -2.15. The van der Waals surface area contributed by atoms with Crippen molar-refractivity contribution in [2.75, 3.05) is 19.9 Å². The molecule has 0 saturated heterocycles. The van der Waals surface area contributed by atoms with Gasteiger partial charge in [0, 0.05) is 18.7 Å². The first-order valence-electron chi connectivity index (χ1n) is 5.97. The summed E-state index contributed by atoms with van der Waals surface area (Å²) in [6.45, 7) is 6.30. The maximum atomic E-state index is 13.1. The van der Waals surface area contributed by atoms with Crippen molar-refractivity contribution in [3.8, 4) is 5.75 Å². The molecule has 1 N–H and O–H groups in total. The number of ether oxygens (including phenoxy) is 2. The topological polar surface area (TPSA) is 30.5 Å². The number of benzene rings is 1. The van der Waals surface area contributed by atoms with Gasteiger partial charge in [0.2, 0.25) is 0 Å². The first-order chi connectivity index (χ1) is 8.27. The Morgan fingerprint density at radius 1 is 1.29 bits per heavy atom. The van der Waals surface area contributed by atoms with Crippen LogP contribution in [0.2, 0.25) is 0 Å². The second-order valence-corrected chi connectivity index (χ2v) is 3.68. The molecule has 0 aliphatic rings. The molecule has 4 heteroatoms. The molecule has 0 atom stereocenters. The van der Waals surface area contributed by atoms with Crippen LogP contribution in [-0.4, -0.2) is 19.9 Å². The molecule has 0 amide bonds. The van der Waals surface area contributed by atoms with Gasteiger partial charge in [-0.1, -0.05) is 6.92 Å². The first kappa shape index (κ1) is 13.9. The highest BCUT2D eigenvalue weighted by Crippen LogP contribution is 2.19. The Kier molecular flexibility index (Phi) is 6.58. The van der Waals surface area contributed by atoms with E-state index in [1.165, 1.54) is 12.1 Å². The van der Waals surface area contributed by atoms with Crippen molar-refractivity contribution in [2.45, 2.75) is 26.8 Å². The monoisotopic (exact) mass is 241 g/mol. The summed E-state index contributed by atoms with van der Waals surface area (Å²) in [5.41, 5.74) is 0.818. The van der Waals surface area contributed by atoms with E-state index in [-0.39, 0.29) is 12.6 Å². The smallest absolute Gasteiger partial charge is 0.189 e. The second kappa shape index (κ2) is 8.03. The number of nitrogens with one attached hydrogen (secondary N) is 1. The molecule has 0 aliphatic heterocycles. The van der Waals surface area contributed by atoms with Gasteiger partial charge in [0.25, 0.3) is 0 Å². The Labute approximate surface area is 102 Å². The summed E-state index contributed by atoms with van der Waals surface area (Å²) in [5, 5.41) is 3.22. The van der Waals surface area contributed by atoms with Crippen molar-refractivity contribution in [2.24, 2.45) is 0 Å². The molecular weight excluding hydrogens is 221 g/mol. The highest BCUT2D eigenvalue weighted by Gasteiger charge is 2.05. The second-order valence-electron chi connectivity index (χ2n) is 3.68. The molecule has 0 unspecified atom stereocenters. The molecular formula is C13H20FNO2. The third-order valence-corrected chi connectivity index (χ3v) is 2.27. The summed E-state index contributed by atoms with van der Waals surface area (Å²) in [4.78, 5) is 0. The van der Waals surface area contributed by atoms with Crippen LogP contribution in [0.4, 0.5) is 4.39 Å². The molecule has 0 radical (unpaired) electrons. The van der Waals surface area contributed by atoms with E-state index >= 15 is 0 Å². The highest BCUT2D eigenvalue weighted by atomic mass is 19.1. The standard InChI is InChI=1S/C13H20FNO2/c1-3-7-15-9-11-8-12(14)5-6-13(11)17-10-16-4-2/h5-6,8,15H,3-4,7,9-10H2,1-2H3. The molecule has 1 aromatic rings. The van der Waals surface area contributed by atoms with Crippen molar-refractivity contribution in [3.63, 3.8) is 0 Å². The van der Waals surface area contributed by atoms with Crippen LogP contribution in [0, 0.1) is 5.82 Å². The molecule has 0 spiro atoms. The Morgan fingerprint density at radius 3 is 2.82 bits per heavy atom. The Hall–Kier alpha value is -1.13. The van der Waals surface area contributed by atoms with E-state index in [1.807, 2.05) is 6.92 Å². The van der Waals surface area contributed by atoms with E-state index in [2.05, 4.69) is 12.2 Å². The maximum Gasteiger partial charge on any atom is 0.189 e. The van der Waals surface area contributed by atoms with Crippen molar-refractivity contribution in [1.29, 1.82) is 0 Å². The fourth-order valence-corrected chi connectivity index (χ4v) is 1.42. The van der Waals surface area contributed by atoms with Gasteiger partial charge in [-0.05, 0) is 38.1 Å². The Balaban J connectivity index is 2.59. The number of hydrogen-bond donors (Lipinski definition) is 1. The van der Waals surface area contributed by atoms with E-state index in [0.29, 0.717) is 18.9 Å². The predicted molar refractivity (Wildman–Crippen MR) is 65.5 cm³/mol. The van der Waals surface area contributed by atoms with Gasteiger partial charge in [0.05, 0.1) is 0 Å². The van der Waals surface area contributed by atoms with E-state index in [9.17, 15) is 4.39 Å². The zero-order valence-electron chi connectivity index (χ0n) is 10.5. The SMILES string of the molecule is CCCNCc1cc(F)ccc1OCOCC. The minimum Gasteiger partial charge on any atom is -0.467 e. The van der Waals surface area contributed by atoms with E-state index in [1.54, 1.807) is 6.07 Å². The van der Waals surface area contributed by atoms with Crippen LogP contribution in [-0.2, 0) is 11.3 Å². The third-order valence-electron chi connectivity index (χ3n) is 2.27. The molecule has 3 nitrogen and oxygen atoms in total. The Morgan fingerprint density at radius 2 is 2.12 bits per heavy atom. The Bertz CT molecular complexity index is 331. The van der Waals surface area contributed by atoms with Crippen LogP contribution in [0.15, 0.2) is 18.2 Å². The molecule has 1 aromatic carbocycles. The molecule has 1 rings (SSSR count). The maximum absolute atomic E-state index is 13.1. The number of hydrogen-bond acceptors (Lipinski definition) is 3. The third kappa shape index (κ3) is 5.15. The van der Waals surface area contributed by atoms with Crippen LogP contribution in [0.5, 0.6) is 5.75 Å². The van der Waals surface area contributed by atoms with E-state index in [0.717, 1.165) is 18.5 Å². The summed E-state index contributed by atoms with van der Waals surface area (Å²) in [6.07, 6.45) is 1.05. The normalized spacial score (nSPS) is 10.5. The summed E-state index contributed by atoms with van der Waals surface area (Å²) in [7, 11) is 0. The van der Waals surface area contributed by atoms with Crippen LogP contribution >= 0.6 is 0 Å². The van der Waals surface area contributed by atoms with Gasteiger partial charge in [-0.3, -0.25) is 0 Å². The van der Waals surface area contributed by atoms with Crippen LogP contribution in [0.3, 0.4) is 0 Å². The van der Waals surface area contributed by atoms with Gasteiger partial charge >= 0.3 is 0 Å². The minimum absolute atomic E-state index is 0.197. The first-order valence-corrected chi connectivity index (χ1v) is 5.97. The lowest BCUT2D eigenvalue weighted by atomic mass is 10.2. The predicted octanol–water partition coefficient (Wildman–Crippen LogP) is 2.70. The molecule has 0 bridgehead atoms. The molecule has 0 saturated carbocycles. The summed E-state index contributed by atoms with van der Waals surface area (Å²) >= 11 is 0. The zero-order chi connectivity index (χ0) is 12.5. The van der Waals surface area contributed by atoms with Crippen molar-refractivity contribution in [1.82, 2.24) is 5.32 Å². The average Bonchev–Trinajstić information content (AvgIpc) is 2.32. The zero-order valence-corrected chi connectivity index (χ0v) is 10.5. The van der Waals surface area contributed by atoms with Crippen molar-refractivity contribution < 1.29 is 13.9 Å². The quantitative estimate of drug-likeness (QED) is 0.560. The van der Waals surface area contributed by atoms with Gasteiger partial charge in [0.1, 0.15) is 11.6 Å². The fraction of sp³-hybridized carbons (Fsp3) is 0.538. The largest absolute Gasteiger partial charge is 0.467 e. The lowest BCUT2D eigenvalue weighted by Gasteiger charge is -2.12. The molecule has 17 heavy (non-hydrogen) atoms. The van der Waals surface area contributed by atoms with Crippen molar-refractivity contribution >= 4 is 0 Å². The average molecular weight is 241 g/mol. The van der Waals surface area contributed by atoms with E-state index in [4.69, 9.17) is 9.47 Å². The molecule has 0 aromatic heterocycles. The van der Waals surface area contributed by atoms with Gasteiger partial charge in [-0.2, -0.15) is 0 Å². The molecule has 0 aliphatic carbocycles. The highest BCUT2D eigenvalue weighted by molar-refractivity contribution is 5.33. The van der Waals surface area contributed by atoms with E-state index < -0.39 is 0 Å². The van der Waals surface area contributed by atoms with Crippen LogP contribution in [0.25, 0.3) is 0 Å². The fourth-order valence-electron chi connectivity index (χ4n) is 1.42. The summed E-state index contributed by atoms with van der Waals surface area (Å²) in [5.74, 6) is 0.422.